The van der Waals surface area contributed by atoms with Crippen LogP contribution in [0.25, 0.3) is 42.4 Å². The minimum absolute atomic E-state index is 0.799. The van der Waals surface area contributed by atoms with E-state index >= 15 is 0 Å². The summed E-state index contributed by atoms with van der Waals surface area (Å²) in [5, 5.41) is 2.10. The zero-order valence-electron chi connectivity index (χ0n) is 19.3. The van der Waals surface area contributed by atoms with Crippen LogP contribution in [-0.4, -0.2) is 15.4 Å². The van der Waals surface area contributed by atoms with Crippen molar-refractivity contribution in [2.24, 2.45) is 0 Å². The van der Waals surface area contributed by atoms with Crippen LogP contribution >= 0.6 is 34.4 Å². The van der Waals surface area contributed by atoms with Crippen molar-refractivity contribution < 1.29 is 4.74 Å². The molecule has 5 aromatic rings. The molecule has 0 aliphatic heterocycles. The van der Waals surface area contributed by atoms with Gasteiger partial charge in [0.15, 0.2) is 0 Å². The van der Waals surface area contributed by atoms with Gasteiger partial charge in [0.1, 0.15) is 16.8 Å². The van der Waals surface area contributed by atoms with E-state index in [1.165, 1.54) is 64.0 Å². The van der Waals surface area contributed by atoms with Gasteiger partial charge in [-0.3, -0.25) is 0 Å². The van der Waals surface area contributed by atoms with Gasteiger partial charge in [0.2, 0.25) is 0 Å². The van der Waals surface area contributed by atoms with E-state index in [2.05, 4.69) is 81.7 Å². The lowest BCUT2D eigenvalue weighted by molar-refractivity contribution is 0.304. The second kappa shape index (κ2) is 11.3. The monoisotopic (exact) mass is 504 g/mol. The highest BCUT2D eigenvalue weighted by molar-refractivity contribution is 7.19. The van der Waals surface area contributed by atoms with Crippen molar-refractivity contribution in [3.63, 3.8) is 0 Å². The Hall–Kier alpha value is -2.54. The van der Waals surface area contributed by atoms with Crippen molar-refractivity contribution in [2.45, 2.75) is 45.4 Å². The van der Waals surface area contributed by atoms with Gasteiger partial charge in [0, 0.05) is 25.8 Å². The molecule has 0 amide bonds. The summed E-state index contributed by atoms with van der Waals surface area (Å²) in [4.78, 5) is 3.69. The Morgan fingerprint density at radius 1 is 0.706 bits per heavy atom. The quantitative estimate of drug-likeness (QED) is 0.168. The van der Waals surface area contributed by atoms with Crippen LogP contribution in [0.3, 0.4) is 0 Å². The Morgan fingerprint density at radius 2 is 1.41 bits per heavy atom. The molecule has 0 N–H and O–H groups in total. The van der Waals surface area contributed by atoms with Crippen LogP contribution in [0.5, 0.6) is 5.75 Å². The van der Waals surface area contributed by atoms with E-state index in [0.29, 0.717) is 0 Å². The van der Waals surface area contributed by atoms with E-state index in [1.54, 1.807) is 22.7 Å². The maximum absolute atomic E-state index is 5.95. The van der Waals surface area contributed by atoms with Crippen molar-refractivity contribution in [3.05, 3.63) is 66.0 Å². The molecule has 0 saturated carbocycles. The van der Waals surface area contributed by atoms with E-state index < -0.39 is 0 Å². The van der Waals surface area contributed by atoms with E-state index in [4.69, 9.17) is 4.74 Å². The zero-order valence-corrected chi connectivity index (χ0v) is 21.8. The van der Waals surface area contributed by atoms with Gasteiger partial charge in [-0.15, -0.1) is 22.7 Å². The predicted octanol–water partition coefficient (Wildman–Crippen LogP) is 9.55. The number of nitrogens with zero attached hydrogens (tertiary/aromatic N) is 2. The lowest BCUT2D eigenvalue weighted by atomic mass is 10.1. The maximum atomic E-state index is 5.95. The molecule has 2 aromatic carbocycles. The number of rotatable bonds is 11. The first-order chi connectivity index (χ1) is 16.8. The lowest BCUT2D eigenvalue weighted by Crippen LogP contribution is -1.97. The van der Waals surface area contributed by atoms with Crippen molar-refractivity contribution in [3.8, 4) is 37.1 Å². The molecule has 3 aromatic heterocycles. The molecule has 34 heavy (non-hydrogen) atoms. The average Bonchev–Trinajstić information content (AvgIpc) is 3.65. The van der Waals surface area contributed by atoms with E-state index in [-0.39, 0.29) is 0 Å². The Bertz CT molecular complexity index is 1320. The molecule has 0 bridgehead atoms. The number of benzene rings is 2. The van der Waals surface area contributed by atoms with Crippen LogP contribution in [0.4, 0.5) is 0 Å². The van der Waals surface area contributed by atoms with Crippen molar-refractivity contribution in [1.29, 1.82) is 0 Å². The molecule has 0 fully saturated rings. The second-order valence-electron chi connectivity index (χ2n) is 8.40. The first-order valence-corrected chi connectivity index (χ1v) is 14.4. The molecule has 0 atom stereocenters. The summed E-state index contributed by atoms with van der Waals surface area (Å²) in [6.07, 6.45) is 7.69. The zero-order chi connectivity index (χ0) is 23.2. The number of thiophene rings is 2. The third-order valence-electron chi connectivity index (χ3n) is 5.98. The topological polar surface area (TPSA) is 35.0 Å². The van der Waals surface area contributed by atoms with Gasteiger partial charge in [-0.2, -0.15) is 8.75 Å². The average molecular weight is 505 g/mol. The molecule has 0 aliphatic carbocycles. The second-order valence-corrected chi connectivity index (χ2v) is 11.0. The highest BCUT2D eigenvalue weighted by Gasteiger charge is 2.15. The summed E-state index contributed by atoms with van der Waals surface area (Å²) >= 11 is 4.82. The first-order valence-electron chi connectivity index (χ1n) is 12.0. The largest absolute Gasteiger partial charge is 0.494 e. The normalized spacial score (nSPS) is 11.3. The lowest BCUT2D eigenvalue weighted by Gasteiger charge is -2.07. The summed E-state index contributed by atoms with van der Waals surface area (Å²) in [7, 11) is 0. The molecular weight excluding hydrogens is 477 g/mol. The number of fused-ring (bicyclic) bond motifs is 1. The third-order valence-corrected chi connectivity index (χ3v) is 8.58. The van der Waals surface area contributed by atoms with E-state index in [0.717, 1.165) is 40.9 Å². The van der Waals surface area contributed by atoms with Crippen molar-refractivity contribution in [1.82, 2.24) is 8.75 Å². The molecule has 0 radical (unpaired) electrons. The highest BCUT2D eigenvalue weighted by Crippen LogP contribution is 2.40. The Morgan fingerprint density at radius 3 is 2.15 bits per heavy atom. The standard InChI is InChI=1S/C28H28N2OS3/c1-2-3-4-5-6-7-18-31-21-12-10-20(11-13-21)24-16-17-26(33-24)23-15-14-22(25-9-8-19-32-25)27-28(23)30-34-29-27/h8-17,19H,2-7,18H2,1H3. The summed E-state index contributed by atoms with van der Waals surface area (Å²) < 4.78 is 15.2. The summed E-state index contributed by atoms with van der Waals surface area (Å²) in [5.41, 5.74) is 5.51. The van der Waals surface area contributed by atoms with Crippen LogP contribution in [0.1, 0.15) is 45.4 Å². The minimum atomic E-state index is 0.799. The smallest absolute Gasteiger partial charge is 0.119 e. The van der Waals surface area contributed by atoms with Gasteiger partial charge >= 0.3 is 0 Å². The van der Waals surface area contributed by atoms with Crippen LogP contribution in [0, 0.1) is 0 Å². The van der Waals surface area contributed by atoms with Gasteiger partial charge in [0.25, 0.3) is 0 Å². The molecule has 3 heterocycles. The molecule has 0 unspecified atom stereocenters. The Balaban J connectivity index is 1.26. The summed E-state index contributed by atoms with van der Waals surface area (Å²) in [6.45, 7) is 3.05. The maximum Gasteiger partial charge on any atom is 0.119 e. The first kappa shape index (κ1) is 23.2. The van der Waals surface area contributed by atoms with Gasteiger partial charge in [-0.05, 0) is 59.8 Å². The SMILES string of the molecule is CCCCCCCCOc1ccc(-c2ccc(-c3ccc(-c4cccs4)c4nsnc34)s2)cc1. The molecule has 0 spiro atoms. The number of ether oxygens (including phenoxy) is 1. The van der Waals surface area contributed by atoms with Crippen LogP contribution in [0.15, 0.2) is 66.0 Å². The fourth-order valence-corrected chi connectivity index (χ4v) is 6.49. The minimum Gasteiger partial charge on any atom is -0.494 e. The Kier molecular flexibility index (Phi) is 7.69. The predicted molar refractivity (Wildman–Crippen MR) is 148 cm³/mol. The van der Waals surface area contributed by atoms with E-state index in [9.17, 15) is 0 Å². The molecule has 3 nitrogen and oxygen atoms in total. The number of hydrogen-bond acceptors (Lipinski definition) is 6. The molecule has 0 aliphatic rings. The van der Waals surface area contributed by atoms with Crippen LogP contribution in [0.2, 0.25) is 0 Å². The van der Waals surface area contributed by atoms with Crippen LogP contribution in [-0.2, 0) is 0 Å². The summed E-state index contributed by atoms with van der Waals surface area (Å²) in [6, 6.07) is 21.5. The van der Waals surface area contributed by atoms with Gasteiger partial charge in [-0.1, -0.05) is 57.2 Å². The van der Waals surface area contributed by atoms with Gasteiger partial charge in [-0.25, -0.2) is 0 Å². The van der Waals surface area contributed by atoms with Crippen molar-refractivity contribution in [2.75, 3.05) is 6.61 Å². The molecule has 5 rings (SSSR count). The van der Waals surface area contributed by atoms with Crippen LogP contribution < -0.4 is 4.74 Å². The number of unbranched alkanes of at least 4 members (excludes halogenated alkanes) is 5. The summed E-state index contributed by atoms with van der Waals surface area (Å²) in [5.74, 6) is 0.952. The fourth-order valence-electron chi connectivity index (χ4n) is 4.12. The molecule has 174 valence electrons. The molecule has 6 heteroatoms. The van der Waals surface area contributed by atoms with E-state index in [1.807, 2.05) is 0 Å². The fraction of sp³-hybridized carbons (Fsp3) is 0.286. The number of hydrogen-bond donors (Lipinski definition) is 0. The van der Waals surface area contributed by atoms with Crippen molar-refractivity contribution >= 4 is 45.4 Å². The Labute approximate surface area is 213 Å². The number of aromatic nitrogens is 2. The van der Waals surface area contributed by atoms with Gasteiger partial charge < -0.3 is 4.74 Å². The third kappa shape index (κ3) is 5.24. The highest BCUT2D eigenvalue weighted by atomic mass is 32.1. The van der Waals surface area contributed by atoms with Gasteiger partial charge in [0.05, 0.1) is 18.3 Å². The molecular formula is C28H28N2OS3. The molecule has 0 saturated heterocycles.